The fourth-order valence-corrected chi connectivity index (χ4v) is 5.41. The van der Waals surface area contributed by atoms with Gasteiger partial charge in [-0.15, -0.1) is 0 Å². The molecule has 4 rings (SSSR count). The van der Waals surface area contributed by atoms with E-state index in [1.165, 1.54) is 49.8 Å². The average Bonchev–Trinajstić information content (AvgIpc) is 3.27. The topological polar surface area (TPSA) is 19.6 Å². The first kappa shape index (κ1) is 19.6. The third kappa shape index (κ3) is 4.15. The number of benzene rings is 1. The Labute approximate surface area is 170 Å². The highest BCUT2D eigenvalue weighted by Gasteiger charge is 2.34. The number of anilines is 1. The monoisotopic (exact) mass is 380 g/mol. The molecule has 0 atom stereocenters. The Balaban J connectivity index is 1.40. The molecule has 3 nitrogen and oxygen atoms in total. The summed E-state index contributed by atoms with van der Waals surface area (Å²) in [6, 6.07) is 11.3. The van der Waals surface area contributed by atoms with Gasteiger partial charge in [-0.2, -0.15) is 0 Å². The summed E-state index contributed by atoms with van der Waals surface area (Å²) in [5, 5.41) is 0. The van der Waals surface area contributed by atoms with Crippen molar-refractivity contribution in [1.29, 1.82) is 0 Å². The van der Waals surface area contributed by atoms with E-state index in [2.05, 4.69) is 54.0 Å². The number of para-hydroxylation sites is 1. The van der Waals surface area contributed by atoms with Gasteiger partial charge in [0.15, 0.2) is 0 Å². The summed E-state index contributed by atoms with van der Waals surface area (Å²) in [7, 11) is 0. The first-order chi connectivity index (χ1) is 13.7. The Morgan fingerprint density at radius 2 is 1.68 bits per heavy atom. The van der Waals surface area contributed by atoms with Crippen molar-refractivity contribution >= 4 is 5.69 Å². The fourth-order valence-electron chi connectivity index (χ4n) is 5.41. The Bertz CT molecular complexity index is 717. The summed E-state index contributed by atoms with van der Waals surface area (Å²) in [4.78, 5) is 5.17. The third-order valence-electron chi connectivity index (χ3n) is 7.62. The smallest absolute Gasteiger partial charge is 0.0947 e. The Morgan fingerprint density at radius 1 is 0.964 bits per heavy atom. The normalized spacial score (nSPS) is 21.1. The highest BCUT2D eigenvalue weighted by molar-refractivity contribution is 5.55. The van der Waals surface area contributed by atoms with E-state index in [4.69, 9.17) is 4.42 Å². The highest BCUT2D eigenvalue weighted by Crippen LogP contribution is 2.48. The lowest BCUT2D eigenvalue weighted by atomic mass is 9.66. The maximum atomic E-state index is 5.22. The fraction of sp³-hybridized carbons (Fsp3) is 0.600. The molecule has 0 radical (unpaired) electrons. The van der Waals surface area contributed by atoms with E-state index in [0.29, 0.717) is 5.41 Å². The first-order valence-corrected chi connectivity index (χ1v) is 11.3. The number of furan rings is 1. The number of piperazine rings is 1. The molecule has 152 valence electrons. The van der Waals surface area contributed by atoms with Crippen LogP contribution in [0.3, 0.4) is 0 Å². The minimum Gasteiger partial charge on any atom is -0.472 e. The van der Waals surface area contributed by atoms with Crippen LogP contribution in [0.2, 0.25) is 0 Å². The molecule has 2 heterocycles. The summed E-state index contributed by atoms with van der Waals surface area (Å²) in [6.45, 7) is 10.3. The Morgan fingerprint density at radius 3 is 2.32 bits per heavy atom. The van der Waals surface area contributed by atoms with Crippen molar-refractivity contribution in [3.8, 4) is 0 Å². The van der Waals surface area contributed by atoms with E-state index >= 15 is 0 Å². The van der Waals surface area contributed by atoms with Gasteiger partial charge in [0.1, 0.15) is 0 Å². The van der Waals surface area contributed by atoms with Crippen LogP contribution in [0, 0.1) is 5.41 Å². The molecule has 0 unspecified atom stereocenters. The minimum atomic E-state index is 0.615. The van der Waals surface area contributed by atoms with Gasteiger partial charge in [0.2, 0.25) is 0 Å². The van der Waals surface area contributed by atoms with Crippen LogP contribution in [0.15, 0.2) is 47.3 Å². The van der Waals surface area contributed by atoms with Crippen LogP contribution in [-0.4, -0.2) is 31.1 Å². The zero-order valence-corrected chi connectivity index (χ0v) is 17.7. The molecule has 0 amide bonds. The van der Waals surface area contributed by atoms with Crippen molar-refractivity contribution in [2.45, 2.75) is 64.8 Å². The van der Waals surface area contributed by atoms with Crippen LogP contribution in [0.5, 0.6) is 0 Å². The molecule has 3 heteroatoms. The first-order valence-electron chi connectivity index (χ1n) is 11.3. The van der Waals surface area contributed by atoms with Gasteiger partial charge < -0.3 is 9.32 Å². The molecule has 1 aliphatic heterocycles. The van der Waals surface area contributed by atoms with E-state index in [1.54, 1.807) is 11.8 Å². The lowest BCUT2D eigenvalue weighted by Crippen LogP contribution is -2.46. The maximum Gasteiger partial charge on any atom is 0.0947 e. The summed E-state index contributed by atoms with van der Waals surface area (Å²) in [6.07, 6.45) is 11.9. The van der Waals surface area contributed by atoms with Crippen LogP contribution >= 0.6 is 0 Å². The minimum absolute atomic E-state index is 0.615. The zero-order chi connectivity index (χ0) is 19.4. The Hall–Kier alpha value is -1.74. The largest absolute Gasteiger partial charge is 0.472 e. The standard InChI is InChI=1S/C25H36N2O/c1-3-25(4-2)12-9-22(10-13-25)23-7-5-6-8-24(23)27-16-14-26(15-17-27)19-21-11-18-28-20-21/h5-8,11,18,20,22H,3-4,9-10,12-17,19H2,1-2H3. The summed E-state index contributed by atoms with van der Waals surface area (Å²) in [5.41, 5.74) is 5.00. The number of hydrogen-bond donors (Lipinski definition) is 0. The van der Waals surface area contributed by atoms with Crippen molar-refractivity contribution in [3.63, 3.8) is 0 Å². The van der Waals surface area contributed by atoms with Crippen molar-refractivity contribution < 1.29 is 4.42 Å². The van der Waals surface area contributed by atoms with Crippen LogP contribution in [-0.2, 0) is 6.54 Å². The third-order valence-corrected chi connectivity index (χ3v) is 7.62. The number of nitrogens with zero attached hydrogens (tertiary/aromatic N) is 2. The average molecular weight is 381 g/mol. The maximum absolute atomic E-state index is 5.22. The van der Waals surface area contributed by atoms with Crippen molar-refractivity contribution in [2.75, 3.05) is 31.1 Å². The molecule has 1 saturated heterocycles. The quantitative estimate of drug-likeness (QED) is 0.607. The van der Waals surface area contributed by atoms with E-state index in [9.17, 15) is 0 Å². The highest BCUT2D eigenvalue weighted by atomic mass is 16.3. The van der Waals surface area contributed by atoms with Crippen molar-refractivity contribution in [1.82, 2.24) is 4.90 Å². The molecular weight excluding hydrogens is 344 g/mol. The van der Waals surface area contributed by atoms with Crippen molar-refractivity contribution in [3.05, 3.63) is 54.0 Å². The molecule has 2 aliphatic rings. The van der Waals surface area contributed by atoms with Crippen LogP contribution in [0.1, 0.15) is 69.4 Å². The summed E-state index contributed by atoms with van der Waals surface area (Å²) >= 11 is 0. The predicted octanol–water partition coefficient (Wildman–Crippen LogP) is 6.07. The SMILES string of the molecule is CCC1(CC)CCC(c2ccccc2N2CCN(Cc3ccoc3)CC2)CC1. The number of hydrogen-bond acceptors (Lipinski definition) is 3. The lowest BCUT2D eigenvalue weighted by Gasteiger charge is -2.41. The van der Waals surface area contributed by atoms with Crippen LogP contribution in [0.25, 0.3) is 0 Å². The van der Waals surface area contributed by atoms with Gasteiger partial charge in [0.05, 0.1) is 12.5 Å². The van der Waals surface area contributed by atoms with Crippen LogP contribution < -0.4 is 4.90 Å². The molecule has 1 saturated carbocycles. The molecule has 1 aromatic heterocycles. The molecule has 28 heavy (non-hydrogen) atoms. The lowest BCUT2D eigenvalue weighted by molar-refractivity contribution is 0.159. The van der Waals surface area contributed by atoms with E-state index in [-0.39, 0.29) is 0 Å². The number of rotatable bonds is 6. The zero-order valence-electron chi connectivity index (χ0n) is 17.7. The molecular formula is C25H36N2O. The predicted molar refractivity (Wildman–Crippen MR) is 117 cm³/mol. The van der Waals surface area contributed by atoms with Gasteiger partial charge in [-0.1, -0.05) is 44.9 Å². The van der Waals surface area contributed by atoms with E-state index in [1.807, 2.05) is 6.26 Å². The van der Waals surface area contributed by atoms with E-state index < -0.39 is 0 Å². The molecule has 2 fully saturated rings. The van der Waals surface area contributed by atoms with Gasteiger partial charge in [-0.05, 0) is 54.7 Å². The second kappa shape index (κ2) is 8.73. The van der Waals surface area contributed by atoms with Gasteiger partial charge in [-0.3, -0.25) is 4.90 Å². The van der Waals surface area contributed by atoms with E-state index in [0.717, 1.165) is 38.6 Å². The second-order valence-corrected chi connectivity index (χ2v) is 8.93. The second-order valence-electron chi connectivity index (χ2n) is 8.93. The molecule has 2 aromatic rings. The van der Waals surface area contributed by atoms with Gasteiger partial charge in [0, 0.05) is 44.0 Å². The van der Waals surface area contributed by atoms with Gasteiger partial charge in [0.25, 0.3) is 0 Å². The Kier molecular flexibility index (Phi) is 6.10. The summed E-state index contributed by atoms with van der Waals surface area (Å²) < 4.78 is 5.22. The van der Waals surface area contributed by atoms with Gasteiger partial charge in [-0.25, -0.2) is 0 Å². The molecule has 1 aromatic carbocycles. The van der Waals surface area contributed by atoms with Gasteiger partial charge >= 0.3 is 0 Å². The molecule has 0 bridgehead atoms. The molecule has 1 aliphatic carbocycles. The van der Waals surface area contributed by atoms with Crippen molar-refractivity contribution in [2.24, 2.45) is 5.41 Å². The molecule has 0 N–H and O–H groups in total. The van der Waals surface area contributed by atoms with Crippen LogP contribution in [0.4, 0.5) is 5.69 Å². The summed E-state index contributed by atoms with van der Waals surface area (Å²) in [5.74, 6) is 0.742. The molecule has 0 spiro atoms.